The van der Waals surface area contributed by atoms with E-state index in [1.807, 2.05) is 6.07 Å². The van der Waals surface area contributed by atoms with E-state index in [-0.39, 0.29) is 11.5 Å². The summed E-state index contributed by atoms with van der Waals surface area (Å²) in [6, 6.07) is 14.9. The van der Waals surface area contributed by atoms with Crippen LogP contribution in [-0.4, -0.2) is 35.0 Å². The van der Waals surface area contributed by atoms with E-state index in [4.69, 9.17) is 15.1 Å². The molecule has 0 unspecified atom stereocenters. The number of carboxylic acids is 1. The fourth-order valence-electron chi connectivity index (χ4n) is 2.28. The van der Waals surface area contributed by atoms with Gasteiger partial charge < -0.3 is 14.7 Å². The number of nitriles is 1. The Balaban J connectivity index is 1.95. The zero-order valence-electron chi connectivity index (χ0n) is 14.0. The lowest BCUT2D eigenvalue weighted by Gasteiger charge is -2.22. The molecule has 0 heterocycles. The van der Waals surface area contributed by atoms with Crippen molar-refractivity contribution in [1.29, 1.82) is 5.26 Å². The van der Waals surface area contributed by atoms with Crippen molar-refractivity contribution in [2.24, 2.45) is 0 Å². The topological polar surface area (TPSA) is 90.6 Å². The molecule has 0 bridgehead atoms. The monoisotopic (exact) mass is 338 g/mol. The molecule has 6 nitrogen and oxygen atoms in total. The first-order chi connectivity index (χ1) is 11.9. The summed E-state index contributed by atoms with van der Waals surface area (Å²) in [6.07, 6.45) is -0.684. The smallest absolute Gasteiger partial charge is 0.335 e. The summed E-state index contributed by atoms with van der Waals surface area (Å²) in [5.41, 5.74) is 1.55. The number of carbonyl (C=O) groups excluding carboxylic acids is 1. The van der Waals surface area contributed by atoms with Gasteiger partial charge in [0, 0.05) is 13.6 Å². The Kier molecular flexibility index (Phi) is 5.75. The molecule has 128 valence electrons. The Bertz CT molecular complexity index is 792. The molecule has 0 spiro atoms. The standard InChI is InChI=1S/C19H18N2O4/c1-13(25-17-9-5-14(11-20)6-10-17)18(22)21(2)12-15-3-7-16(8-4-15)19(23)24/h3-10,13H,12H2,1-2H3,(H,23,24)/t13-/m1/s1. The highest BCUT2D eigenvalue weighted by molar-refractivity contribution is 5.87. The average molecular weight is 338 g/mol. The highest BCUT2D eigenvalue weighted by Gasteiger charge is 2.19. The van der Waals surface area contributed by atoms with Crippen molar-refractivity contribution >= 4 is 11.9 Å². The minimum Gasteiger partial charge on any atom is -0.481 e. The molecular formula is C19H18N2O4. The van der Waals surface area contributed by atoms with E-state index in [1.54, 1.807) is 50.4 Å². The molecule has 0 aliphatic rings. The predicted octanol–water partition coefficient (Wildman–Crippen LogP) is 2.68. The number of rotatable bonds is 6. The minimum absolute atomic E-state index is 0.202. The third-order valence-corrected chi connectivity index (χ3v) is 3.64. The molecule has 1 atom stereocenters. The largest absolute Gasteiger partial charge is 0.481 e. The SMILES string of the molecule is C[C@@H](Oc1ccc(C#N)cc1)C(=O)N(C)Cc1ccc(C(=O)O)cc1. The maximum absolute atomic E-state index is 12.4. The summed E-state index contributed by atoms with van der Waals surface area (Å²) in [5.74, 6) is -0.675. The number of hydrogen-bond acceptors (Lipinski definition) is 4. The Morgan fingerprint density at radius 1 is 1.16 bits per heavy atom. The average Bonchev–Trinajstić information content (AvgIpc) is 2.62. The summed E-state index contributed by atoms with van der Waals surface area (Å²) in [5, 5.41) is 17.7. The van der Waals surface area contributed by atoms with Gasteiger partial charge in [0.1, 0.15) is 5.75 Å². The van der Waals surface area contributed by atoms with Crippen molar-refractivity contribution in [3.05, 3.63) is 65.2 Å². The van der Waals surface area contributed by atoms with Crippen LogP contribution < -0.4 is 4.74 Å². The second-order valence-electron chi connectivity index (χ2n) is 5.59. The van der Waals surface area contributed by atoms with Crippen LogP contribution in [0.15, 0.2) is 48.5 Å². The van der Waals surface area contributed by atoms with E-state index in [1.165, 1.54) is 17.0 Å². The number of amides is 1. The lowest BCUT2D eigenvalue weighted by Crippen LogP contribution is -2.37. The minimum atomic E-state index is -0.986. The van der Waals surface area contributed by atoms with Gasteiger partial charge in [0.25, 0.3) is 5.91 Å². The number of nitrogens with zero attached hydrogens (tertiary/aromatic N) is 2. The number of aromatic carboxylic acids is 1. The van der Waals surface area contributed by atoms with Gasteiger partial charge in [-0.2, -0.15) is 5.26 Å². The maximum atomic E-state index is 12.4. The van der Waals surface area contributed by atoms with Crippen LogP contribution in [0, 0.1) is 11.3 Å². The molecule has 6 heteroatoms. The molecule has 0 radical (unpaired) electrons. The molecule has 2 aromatic rings. The van der Waals surface area contributed by atoms with Gasteiger partial charge in [0.2, 0.25) is 0 Å². The highest BCUT2D eigenvalue weighted by Crippen LogP contribution is 2.15. The number of carboxylic acid groups (broad SMARTS) is 1. The Morgan fingerprint density at radius 2 is 1.76 bits per heavy atom. The van der Waals surface area contributed by atoms with E-state index in [9.17, 15) is 9.59 Å². The summed E-state index contributed by atoms with van der Waals surface area (Å²) in [7, 11) is 1.66. The van der Waals surface area contributed by atoms with Crippen molar-refractivity contribution in [3.8, 4) is 11.8 Å². The van der Waals surface area contributed by atoms with Crippen molar-refractivity contribution in [2.45, 2.75) is 19.6 Å². The van der Waals surface area contributed by atoms with E-state index in [2.05, 4.69) is 0 Å². The third kappa shape index (κ3) is 4.82. The Morgan fingerprint density at radius 3 is 2.28 bits per heavy atom. The molecule has 1 N–H and O–H groups in total. The molecule has 0 aliphatic heterocycles. The van der Waals surface area contributed by atoms with E-state index in [0.717, 1.165) is 5.56 Å². The van der Waals surface area contributed by atoms with E-state index < -0.39 is 12.1 Å². The summed E-state index contributed by atoms with van der Waals surface area (Å²) < 4.78 is 5.61. The number of likely N-dealkylation sites (N-methyl/N-ethyl adjacent to an activating group) is 1. The second-order valence-corrected chi connectivity index (χ2v) is 5.59. The van der Waals surface area contributed by atoms with Crippen LogP contribution in [0.2, 0.25) is 0 Å². The zero-order chi connectivity index (χ0) is 18.4. The molecule has 0 saturated carbocycles. The first-order valence-corrected chi connectivity index (χ1v) is 7.64. The lowest BCUT2D eigenvalue weighted by molar-refractivity contribution is -0.137. The second kappa shape index (κ2) is 7.97. The van der Waals surface area contributed by atoms with Gasteiger partial charge in [-0.3, -0.25) is 4.79 Å². The first-order valence-electron chi connectivity index (χ1n) is 7.64. The van der Waals surface area contributed by atoms with Crippen LogP contribution in [0.1, 0.15) is 28.4 Å². The predicted molar refractivity (Wildman–Crippen MR) is 91.1 cm³/mol. The maximum Gasteiger partial charge on any atom is 0.335 e. The summed E-state index contributed by atoms with van der Waals surface area (Å²) in [4.78, 5) is 24.8. The lowest BCUT2D eigenvalue weighted by atomic mass is 10.1. The van der Waals surface area contributed by atoms with Crippen LogP contribution in [0.25, 0.3) is 0 Å². The number of benzene rings is 2. The van der Waals surface area contributed by atoms with Crippen molar-refractivity contribution in [1.82, 2.24) is 4.90 Å². The molecule has 0 aromatic heterocycles. The van der Waals surface area contributed by atoms with Crippen LogP contribution in [0.4, 0.5) is 0 Å². The molecule has 1 amide bonds. The van der Waals surface area contributed by atoms with E-state index in [0.29, 0.717) is 17.9 Å². The quantitative estimate of drug-likeness (QED) is 0.874. The molecule has 0 aliphatic carbocycles. The molecule has 25 heavy (non-hydrogen) atoms. The fourth-order valence-corrected chi connectivity index (χ4v) is 2.28. The number of carbonyl (C=O) groups is 2. The van der Waals surface area contributed by atoms with Gasteiger partial charge in [0.15, 0.2) is 6.10 Å². The van der Waals surface area contributed by atoms with Crippen LogP contribution in [0.5, 0.6) is 5.75 Å². The summed E-state index contributed by atoms with van der Waals surface area (Å²) >= 11 is 0. The van der Waals surface area contributed by atoms with E-state index >= 15 is 0 Å². The number of hydrogen-bond donors (Lipinski definition) is 1. The Labute approximate surface area is 145 Å². The van der Waals surface area contributed by atoms with Gasteiger partial charge in [-0.15, -0.1) is 0 Å². The van der Waals surface area contributed by atoms with Crippen molar-refractivity contribution in [3.63, 3.8) is 0 Å². The fraction of sp³-hybridized carbons (Fsp3) is 0.211. The molecular weight excluding hydrogens is 320 g/mol. The first kappa shape index (κ1) is 18.0. The van der Waals surface area contributed by atoms with Crippen molar-refractivity contribution in [2.75, 3.05) is 7.05 Å². The van der Waals surface area contributed by atoms with Gasteiger partial charge in [-0.05, 0) is 48.9 Å². The van der Waals surface area contributed by atoms with Gasteiger partial charge in [-0.25, -0.2) is 4.79 Å². The molecule has 2 aromatic carbocycles. The third-order valence-electron chi connectivity index (χ3n) is 3.64. The van der Waals surface area contributed by atoms with Crippen LogP contribution >= 0.6 is 0 Å². The van der Waals surface area contributed by atoms with Crippen molar-refractivity contribution < 1.29 is 19.4 Å². The highest BCUT2D eigenvalue weighted by atomic mass is 16.5. The Hall–Kier alpha value is -3.33. The van der Waals surface area contributed by atoms with Gasteiger partial charge >= 0.3 is 5.97 Å². The zero-order valence-corrected chi connectivity index (χ0v) is 14.0. The summed E-state index contributed by atoms with van der Waals surface area (Å²) in [6.45, 7) is 2.00. The van der Waals surface area contributed by atoms with Crippen LogP contribution in [-0.2, 0) is 11.3 Å². The molecule has 2 rings (SSSR count). The van der Waals surface area contributed by atoms with Crippen LogP contribution in [0.3, 0.4) is 0 Å². The molecule has 0 saturated heterocycles. The van der Waals surface area contributed by atoms with Gasteiger partial charge in [-0.1, -0.05) is 12.1 Å². The number of ether oxygens (including phenoxy) is 1. The molecule has 0 fully saturated rings. The van der Waals surface area contributed by atoms with Gasteiger partial charge in [0.05, 0.1) is 17.2 Å². The normalized spacial score (nSPS) is 11.2.